The van der Waals surface area contributed by atoms with E-state index in [-0.39, 0.29) is 10.3 Å². The third-order valence-corrected chi connectivity index (χ3v) is 1.77. The molecule has 0 saturated heterocycles. The Hall–Kier alpha value is -0.810. The minimum absolute atomic E-state index is 0.370. The number of halogens is 4. The smallest absolute Gasteiger partial charge is 0.287 e. The second-order valence-electron chi connectivity index (χ2n) is 2.00. The highest BCUT2D eigenvalue weighted by molar-refractivity contribution is 6.38. The van der Waals surface area contributed by atoms with E-state index in [2.05, 4.69) is 9.97 Å². The molecule has 0 aromatic carbocycles. The SMILES string of the molecule is O=C(c1c(Cl)ncnc1Cl)C(F)F. The van der Waals surface area contributed by atoms with E-state index in [0.717, 1.165) is 6.33 Å². The van der Waals surface area contributed by atoms with Crippen molar-refractivity contribution in [2.24, 2.45) is 0 Å². The summed E-state index contributed by atoms with van der Waals surface area (Å²) in [7, 11) is 0. The van der Waals surface area contributed by atoms with E-state index >= 15 is 0 Å². The van der Waals surface area contributed by atoms with Gasteiger partial charge in [0.1, 0.15) is 16.6 Å². The molecule has 0 bridgehead atoms. The zero-order chi connectivity index (χ0) is 10.0. The van der Waals surface area contributed by atoms with Crippen LogP contribution in [-0.4, -0.2) is 22.2 Å². The Morgan fingerprint density at radius 2 is 1.77 bits per heavy atom. The summed E-state index contributed by atoms with van der Waals surface area (Å²) in [6.45, 7) is 0. The van der Waals surface area contributed by atoms with Crippen molar-refractivity contribution >= 4 is 29.0 Å². The Morgan fingerprint density at radius 1 is 1.31 bits per heavy atom. The molecule has 0 aliphatic heterocycles. The molecule has 13 heavy (non-hydrogen) atoms. The molecule has 0 spiro atoms. The first-order valence-corrected chi connectivity index (χ1v) is 3.78. The van der Waals surface area contributed by atoms with Crippen molar-refractivity contribution < 1.29 is 13.6 Å². The van der Waals surface area contributed by atoms with E-state index in [1.54, 1.807) is 0 Å². The highest BCUT2D eigenvalue weighted by Gasteiger charge is 2.24. The van der Waals surface area contributed by atoms with Crippen LogP contribution in [-0.2, 0) is 0 Å². The molecule has 0 N–H and O–H groups in total. The lowest BCUT2D eigenvalue weighted by atomic mass is 10.2. The number of ketones is 1. The maximum Gasteiger partial charge on any atom is 0.300 e. The summed E-state index contributed by atoms with van der Waals surface area (Å²) in [5, 5.41) is -0.740. The maximum atomic E-state index is 12.0. The van der Waals surface area contributed by atoms with Crippen molar-refractivity contribution in [1.29, 1.82) is 0 Å². The van der Waals surface area contributed by atoms with Crippen LogP contribution in [0.1, 0.15) is 10.4 Å². The minimum Gasteiger partial charge on any atom is -0.287 e. The van der Waals surface area contributed by atoms with Gasteiger partial charge in [0, 0.05) is 0 Å². The summed E-state index contributed by atoms with van der Waals surface area (Å²) >= 11 is 10.8. The number of carbonyl (C=O) groups excluding carboxylic acids is 1. The zero-order valence-electron chi connectivity index (χ0n) is 5.97. The molecule has 1 heterocycles. The van der Waals surface area contributed by atoms with Crippen molar-refractivity contribution in [2.45, 2.75) is 6.43 Å². The fourth-order valence-corrected chi connectivity index (χ4v) is 1.16. The first-order valence-electron chi connectivity index (χ1n) is 3.02. The number of Topliss-reactive ketones (excluding diaryl/α,β-unsaturated/α-hetero) is 1. The van der Waals surface area contributed by atoms with Crippen LogP contribution < -0.4 is 0 Å². The Morgan fingerprint density at radius 3 is 2.15 bits per heavy atom. The molecule has 1 rings (SSSR count). The lowest BCUT2D eigenvalue weighted by Crippen LogP contribution is -2.12. The Bertz CT molecular complexity index is 325. The lowest BCUT2D eigenvalue weighted by Gasteiger charge is -2.01. The monoisotopic (exact) mass is 226 g/mol. The molecule has 0 aliphatic carbocycles. The van der Waals surface area contributed by atoms with E-state index in [4.69, 9.17) is 23.2 Å². The topological polar surface area (TPSA) is 42.9 Å². The van der Waals surface area contributed by atoms with Gasteiger partial charge in [-0.15, -0.1) is 0 Å². The van der Waals surface area contributed by atoms with Crippen LogP contribution in [0, 0.1) is 0 Å². The summed E-state index contributed by atoms with van der Waals surface area (Å²) in [6, 6.07) is 0. The number of carbonyl (C=O) groups is 1. The van der Waals surface area contributed by atoms with Gasteiger partial charge in [-0.3, -0.25) is 4.79 Å². The number of rotatable bonds is 2. The van der Waals surface area contributed by atoms with Gasteiger partial charge < -0.3 is 0 Å². The lowest BCUT2D eigenvalue weighted by molar-refractivity contribution is 0.0678. The van der Waals surface area contributed by atoms with E-state index in [1.807, 2.05) is 0 Å². The number of nitrogens with zero attached hydrogens (tertiary/aromatic N) is 2. The van der Waals surface area contributed by atoms with Gasteiger partial charge in [-0.1, -0.05) is 23.2 Å². The number of hydrogen-bond donors (Lipinski definition) is 0. The molecule has 0 unspecified atom stereocenters. The van der Waals surface area contributed by atoms with E-state index in [9.17, 15) is 13.6 Å². The molecule has 0 aliphatic rings. The van der Waals surface area contributed by atoms with Gasteiger partial charge in [0.25, 0.3) is 0 Å². The summed E-state index contributed by atoms with van der Waals surface area (Å²) < 4.78 is 23.9. The minimum atomic E-state index is -3.17. The first-order chi connectivity index (χ1) is 6.04. The highest BCUT2D eigenvalue weighted by Crippen LogP contribution is 2.22. The molecule has 1 aromatic rings. The summed E-state index contributed by atoms with van der Waals surface area (Å²) in [5.74, 6) is -1.48. The van der Waals surface area contributed by atoms with Crippen LogP contribution in [0.5, 0.6) is 0 Å². The van der Waals surface area contributed by atoms with Crippen LogP contribution in [0.2, 0.25) is 10.3 Å². The predicted octanol–water partition coefficient (Wildman–Crippen LogP) is 2.23. The normalized spacial score (nSPS) is 10.5. The largest absolute Gasteiger partial charge is 0.300 e. The standard InChI is InChI=1S/C6H2Cl2F2N2O/c7-4-2(3(13)6(9)10)5(8)12-1-11-4/h1,6H. The Labute approximate surface area is 81.7 Å². The molecular formula is C6H2Cl2F2N2O. The van der Waals surface area contributed by atoms with Crippen molar-refractivity contribution in [1.82, 2.24) is 9.97 Å². The second kappa shape index (κ2) is 3.93. The van der Waals surface area contributed by atoms with E-state index in [1.165, 1.54) is 0 Å². The Kier molecular flexibility index (Phi) is 3.11. The molecule has 0 atom stereocenters. The fraction of sp³-hybridized carbons (Fsp3) is 0.167. The summed E-state index contributed by atoms with van der Waals surface area (Å²) in [4.78, 5) is 17.5. The number of alkyl halides is 2. The summed E-state index contributed by atoms with van der Waals surface area (Å²) in [5.41, 5.74) is -0.541. The third-order valence-electron chi connectivity index (χ3n) is 1.20. The first kappa shape index (κ1) is 10.3. The van der Waals surface area contributed by atoms with Crippen molar-refractivity contribution in [3.8, 4) is 0 Å². The van der Waals surface area contributed by atoms with Crippen LogP contribution in [0.15, 0.2) is 6.33 Å². The molecule has 0 saturated carbocycles. The third kappa shape index (κ3) is 2.10. The van der Waals surface area contributed by atoms with Crippen LogP contribution in [0.4, 0.5) is 8.78 Å². The van der Waals surface area contributed by atoms with Gasteiger partial charge in [0.2, 0.25) is 5.78 Å². The average molecular weight is 227 g/mol. The molecule has 0 amide bonds. The molecule has 7 heteroatoms. The Balaban J connectivity index is 3.20. The molecular weight excluding hydrogens is 225 g/mol. The second-order valence-corrected chi connectivity index (χ2v) is 2.71. The molecule has 0 radical (unpaired) electrons. The fourth-order valence-electron chi connectivity index (χ4n) is 0.657. The average Bonchev–Trinajstić information content (AvgIpc) is 2.03. The molecule has 1 aromatic heterocycles. The molecule has 70 valence electrons. The number of hydrogen-bond acceptors (Lipinski definition) is 3. The molecule has 3 nitrogen and oxygen atoms in total. The quantitative estimate of drug-likeness (QED) is 0.574. The van der Waals surface area contributed by atoms with Gasteiger partial charge >= 0.3 is 6.43 Å². The van der Waals surface area contributed by atoms with Crippen LogP contribution in [0.3, 0.4) is 0 Å². The zero-order valence-corrected chi connectivity index (χ0v) is 7.48. The molecule has 0 fully saturated rings. The van der Waals surface area contributed by atoms with Crippen molar-refractivity contribution in [3.05, 3.63) is 22.2 Å². The van der Waals surface area contributed by atoms with Gasteiger partial charge in [-0.2, -0.15) is 0 Å². The summed E-state index contributed by atoms with van der Waals surface area (Å²) in [6.07, 6.45) is -2.19. The van der Waals surface area contributed by atoms with Gasteiger partial charge in [-0.05, 0) is 0 Å². The highest BCUT2D eigenvalue weighted by atomic mass is 35.5. The van der Waals surface area contributed by atoms with E-state index < -0.39 is 17.8 Å². The van der Waals surface area contributed by atoms with Gasteiger partial charge in [0.05, 0.1) is 5.56 Å². The number of aromatic nitrogens is 2. The van der Waals surface area contributed by atoms with Gasteiger partial charge in [0.15, 0.2) is 0 Å². The maximum absolute atomic E-state index is 12.0. The van der Waals surface area contributed by atoms with E-state index in [0.29, 0.717) is 0 Å². The van der Waals surface area contributed by atoms with Gasteiger partial charge in [-0.25, -0.2) is 18.7 Å². The van der Waals surface area contributed by atoms with Crippen molar-refractivity contribution in [3.63, 3.8) is 0 Å². The van der Waals surface area contributed by atoms with Crippen molar-refractivity contribution in [2.75, 3.05) is 0 Å². The predicted molar refractivity (Wildman–Crippen MR) is 42.4 cm³/mol. The van der Waals surface area contributed by atoms with Crippen LogP contribution >= 0.6 is 23.2 Å². The van der Waals surface area contributed by atoms with Crippen LogP contribution in [0.25, 0.3) is 0 Å².